The van der Waals surface area contributed by atoms with Crippen LogP contribution in [0.3, 0.4) is 0 Å². The third-order valence-corrected chi connectivity index (χ3v) is 6.83. The molecule has 4 aromatic rings. The fraction of sp³-hybridized carbons (Fsp3) is 0.346. The molecular formula is C26H29N5O2. The zero-order valence-corrected chi connectivity index (χ0v) is 19.8. The molecular weight excluding hydrogens is 414 g/mol. The fourth-order valence-corrected chi connectivity index (χ4v) is 4.71. The Bertz CT molecular complexity index is 1510. The van der Waals surface area contributed by atoms with E-state index >= 15 is 0 Å². The number of aromatic nitrogens is 4. The molecule has 0 aliphatic carbocycles. The van der Waals surface area contributed by atoms with Gasteiger partial charge in [-0.3, -0.25) is 13.9 Å². The monoisotopic (exact) mass is 443 g/mol. The number of fused-ring (bicyclic) bond motifs is 3. The topological polar surface area (TPSA) is 65.1 Å². The van der Waals surface area contributed by atoms with E-state index in [0.29, 0.717) is 29.6 Å². The van der Waals surface area contributed by atoms with Gasteiger partial charge in [-0.1, -0.05) is 37.3 Å². The predicted molar refractivity (Wildman–Crippen MR) is 132 cm³/mol. The van der Waals surface area contributed by atoms with Gasteiger partial charge in [-0.15, -0.1) is 0 Å². The highest BCUT2D eigenvalue weighted by molar-refractivity contribution is 5.77. The Morgan fingerprint density at radius 2 is 1.73 bits per heavy atom. The summed E-state index contributed by atoms with van der Waals surface area (Å²) in [6.07, 6.45) is 0. The summed E-state index contributed by atoms with van der Waals surface area (Å²) in [5.74, 6) is 1.03. The van der Waals surface area contributed by atoms with Gasteiger partial charge >= 0.3 is 5.69 Å². The number of hydrogen-bond acceptors (Lipinski definition) is 4. The molecule has 0 N–H and O–H groups in total. The molecule has 1 unspecified atom stereocenters. The Morgan fingerprint density at radius 3 is 2.45 bits per heavy atom. The average Bonchev–Trinajstić information content (AvgIpc) is 3.17. The van der Waals surface area contributed by atoms with Gasteiger partial charge in [0.05, 0.1) is 6.54 Å². The molecule has 0 bridgehead atoms. The normalized spacial score (nSPS) is 15.8. The molecule has 3 heterocycles. The molecule has 0 radical (unpaired) electrons. The molecule has 33 heavy (non-hydrogen) atoms. The van der Waals surface area contributed by atoms with E-state index in [-0.39, 0.29) is 17.8 Å². The van der Waals surface area contributed by atoms with Crippen molar-refractivity contribution in [2.45, 2.75) is 40.8 Å². The Kier molecular flexibility index (Phi) is 5.00. The minimum Gasteiger partial charge on any atom is -0.312 e. The van der Waals surface area contributed by atoms with Crippen LogP contribution in [0.2, 0.25) is 0 Å². The number of imidazole rings is 1. The van der Waals surface area contributed by atoms with Crippen molar-refractivity contribution in [3.8, 4) is 0 Å². The van der Waals surface area contributed by atoms with Crippen LogP contribution in [0.15, 0.2) is 52.1 Å². The smallest absolute Gasteiger partial charge is 0.312 e. The SMILES string of the molecule is Cc1ccc(N2CC(C)Cn3c2nc2c3c(=O)n(Cc3ccccc3C)c(=O)n2C)cc1C. The highest BCUT2D eigenvalue weighted by Crippen LogP contribution is 2.33. The maximum atomic E-state index is 13.7. The van der Waals surface area contributed by atoms with Gasteiger partial charge in [-0.25, -0.2) is 4.79 Å². The van der Waals surface area contributed by atoms with Crippen LogP contribution in [0, 0.1) is 26.7 Å². The van der Waals surface area contributed by atoms with Crippen molar-refractivity contribution in [2.24, 2.45) is 13.0 Å². The number of benzene rings is 2. The summed E-state index contributed by atoms with van der Waals surface area (Å²) in [6.45, 7) is 10.1. The lowest BCUT2D eigenvalue weighted by Crippen LogP contribution is -2.40. The van der Waals surface area contributed by atoms with Crippen molar-refractivity contribution in [3.05, 3.63) is 85.6 Å². The van der Waals surface area contributed by atoms with Crippen molar-refractivity contribution in [3.63, 3.8) is 0 Å². The quantitative estimate of drug-likeness (QED) is 0.485. The minimum atomic E-state index is -0.350. The first kappa shape index (κ1) is 21.2. The van der Waals surface area contributed by atoms with E-state index in [2.05, 4.69) is 43.9 Å². The van der Waals surface area contributed by atoms with Crippen LogP contribution in [-0.4, -0.2) is 25.2 Å². The summed E-state index contributed by atoms with van der Waals surface area (Å²) in [5, 5.41) is 0. The number of nitrogens with zero attached hydrogens (tertiary/aromatic N) is 5. The molecule has 0 saturated heterocycles. The molecule has 0 fully saturated rings. The van der Waals surface area contributed by atoms with Gasteiger partial charge in [0.15, 0.2) is 11.2 Å². The Balaban J connectivity index is 1.73. The van der Waals surface area contributed by atoms with Crippen LogP contribution < -0.4 is 16.1 Å². The zero-order chi connectivity index (χ0) is 23.4. The molecule has 0 spiro atoms. The van der Waals surface area contributed by atoms with Crippen LogP contribution in [0.5, 0.6) is 0 Å². The van der Waals surface area contributed by atoms with Gasteiger partial charge in [0.25, 0.3) is 5.56 Å². The summed E-state index contributed by atoms with van der Waals surface area (Å²) in [6, 6.07) is 14.2. The first-order valence-electron chi connectivity index (χ1n) is 11.4. The molecule has 5 rings (SSSR count). The maximum absolute atomic E-state index is 13.7. The van der Waals surface area contributed by atoms with Gasteiger partial charge in [-0.05, 0) is 61.1 Å². The number of aryl methyl sites for hydroxylation is 4. The van der Waals surface area contributed by atoms with Crippen LogP contribution in [-0.2, 0) is 20.1 Å². The van der Waals surface area contributed by atoms with Crippen molar-refractivity contribution in [2.75, 3.05) is 11.4 Å². The van der Waals surface area contributed by atoms with Gasteiger partial charge in [0.2, 0.25) is 5.95 Å². The first-order chi connectivity index (χ1) is 15.8. The van der Waals surface area contributed by atoms with E-state index in [1.54, 1.807) is 7.05 Å². The van der Waals surface area contributed by atoms with E-state index < -0.39 is 0 Å². The third kappa shape index (κ3) is 3.39. The number of hydrogen-bond donors (Lipinski definition) is 0. The van der Waals surface area contributed by atoms with Crippen LogP contribution in [0.1, 0.15) is 29.2 Å². The molecule has 0 saturated carbocycles. The van der Waals surface area contributed by atoms with Crippen LogP contribution in [0.4, 0.5) is 11.6 Å². The van der Waals surface area contributed by atoms with E-state index in [4.69, 9.17) is 4.98 Å². The highest BCUT2D eigenvalue weighted by atomic mass is 16.2. The Hall–Kier alpha value is -3.61. The van der Waals surface area contributed by atoms with Crippen molar-refractivity contribution < 1.29 is 0 Å². The van der Waals surface area contributed by atoms with Gasteiger partial charge in [0, 0.05) is 25.8 Å². The minimum absolute atomic E-state index is 0.241. The molecule has 2 aromatic carbocycles. The molecule has 2 aromatic heterocycles. The Morgan fingerprint density at radius 1 is 0.970 bits per heavy atom. The summed E-state index contributed by atoms with van der Waals surface area (Å²) in [7, 11) is 1.70. The summed E-state index contributed by atoms with van der Waals surface area (Å²) in [4.78, 5) is 33.8. The second-order valence-corrected chi connectivity index (χ2v) is 9.34. The lowest BCUT2D eigenvalue weighted by atomic mass is 10.1. The molecule has 1 aliphatic heterocycles. The molecule has 7 heteroatoms. The molecule has 1 atom stereocenters. The zero-order valence-electron chi connectivity index (χ0n) is 19.8. The van der Waals surface area contributed by atoms with Crippen LogP contribution >= 0.6 is 0 Å². The largest absolute Gasteiger partial charge is 0.332 e. The second-order valence-electron chi connectivity index (χ2n) is 9.34. The fourth-order valence-electron chi connectivity index (χ4n) is 4.71. The summed E-state index contributed by atoms with van der Waals surface area (Å²) in [5.41, 5.74) is 5.79. The lowest BCUT2D eigenvalue weighted by Gasteiger charge is -2.33. The number of anilines is 2. The lowest BCUT2D eigenvalue weighted by molar-refractivity contribution is 0.458. The van der Waals surface area contributed by atoms with Crippen molar-refractivity contribution in [1.29, 1.82) is 0 Å². The van der Waals surface area contributed by atoms with Gasteiger partial charge < -0.3 is 9.47 Å². The molecule has 0 amide bonds. The van der Waals surface area contributed by atoms with Crippen LogP contribution in [0.25, 0.3) is 11.2 Å². The van der Waals surface area contributed by atoms with Crippen molar-refractivity contribution >= 4 is 22.8 Å². The third-order valence-electron chi connectivity index (χ3n) is 6.83. The summed E-state index contributed by atoms with van der Waals surface area (Å²) >= 11 is 0. The maximum Gasteiger partial charge on any atom is 0.332 e. The highest BCUT2D eigenvalue weighted by Gasteiger charge is 2.30. The van der Waals surface area contributed by atoms with E-state index in [0.717, 1.165) is 23.4 Å². The second kappa shape index (κ2) is 7.76. The van der Waals surface area contributed by atoms with E-state index in [1.807, 2.05) is 35.8 Å². The van der Waals surface area contributed by atoms with Crippen molar-refractivity contribution in [1.82, 2.24) is 18.7 Å². The van der Waals surface area contributed by atoms with Gasteiger partial charge in [-0.2, -0.15) is 4.98 Å². The Labute approximate surface area is 192 Å². The molecule has 7 nitrogen and oxygen atoms in total. The number of rotatable bonds is 3. The first-order valence-corrected chi connectivity index (χ1v) is 11.4. The standard InChI is InChI=1S/C26H29N5O2/c1-16-13-29(21-11-10-17(2)19(4)12-21)25-27-23-22(30(25)14-16)24(32)31(26(33)28(23)5)15-20-9-7-6-8-18(20)3/h6-12,16H,13-15H2,1-5H3. The van der Waals surface area contributed by atoms with Gasteiger partial charge in [0.1, 0.15) is 0 Å². The molecule has 170 valence electrons. The van der Waals surface area contributed by atoms with E-state index in [9.17, 15) is 9.59 Å². The predicted octanol–water partition coefficient (Wildman–Crippen LogP) is 3.66. The average molecular weight is 444 g/mol. The summed E-state index contributed by atoms with van der Waals surface area (Å²) < 4.78 is 4.83. The molecule has 1 aliphatic rings. The van der Waals surface area contributed by atoms with E-state index in [1.165, 1.54) is 20.3 Å².